The number of rotatable bonds is 8. The molecule has 1 heterocycles. The highest BCUT2D eigenvalue weighted by molar-refractivity contribution is 7.99. The zero-order chi connectivity index (χ0) is 25.1. The Morgan fingerprint density at radius 1 is 0.971 bits per heavy atom. The quantitative estimate of drug-likeness (QED) is 0.155. The van der Waals surface area contributed by atoms with Crippen LogP contribution in [0.15, 0.2) is 60.0 Å². The van der Waals surface area contributed by atoms with Crippen LogP contribution in [0.1, 0.15) is 85.1 Å². The largest absolute Gasteiger partial charge is 0.478 e. The number of hydrogen-bond donors (Lipinski definition) is 1. The van der Waals surface area contributed by atoms with E-state index in [1.54, 1.807) is 36.3 Å². The van der Waals surface area contributed by atoms with E-state index in [0.717, 1.165) is 29.3 Å². The predicted octanol–water partition coefficient (Wildman–Crippen LogP) is 7.42. The SMILES string of the molecule is CC1(C)CCC(C)(C)c2cc(CCCSc3ncccn3)c(/C=C/c3ccc(C(=O)O)cc3)cc21. The summed E-state index contributed by atoms with van der Waals surface area (Å²) in [5.41, 5.74) is 7.16. The molecule has 0 radical (unpaired) electrons. The molecule has 3 aromatic rings. The van der Waals surface area contributed by atoms with Gasteiger partial charge in [0.15, 0.2) is 5.16 Å². The van der Waals surface area contributed by atoms with Crippen LogP contribution in [0.5, 0.6) is 0 Å². The van der Waals surface area contributed by atoms with Crippen molar-refractivity contribution in [3.8, 4) is 0 Å². The molecule has 4 nitrogen and oxygen atoms in total. The van der Waals surface area contributed by atoms with Crippen LogP contribution >= 0.6 is 11.8 Å². The lowest BCUT2D eigenvalue weighted by Gasteiger charge is -2.42. The smallest absolute Gasteiger partial charge is 0.335 e. The van der Waals surface area contributed by atoms with Crippen LogP contribution in [0.3, 0.4) is 0 Å². The first-order valence-electron chi connectivity index (χ1n) is 12.2. The van der Waals surface area contributed by atoms with Gasteiger partial charge in [-0.1, -0.05) is 75.9 Å². The van der Waals surface area contributed by atoms with Crippen molar-refractivity contribution >= 4 is 29.9 Å². The summed E-state index contributed by atoms with van der Waals surface area (Å²) in [7, 11) is 0. The monoisotopic (exact) mass is 486 g/mol. The maximum Gasteiger partial charge on any atom is 0.335 e. The van der Waals surface area contributed by atoms with Crippen LogP contribution < -0.4 is 0 Å². The standard InChI is InChI=1S/C30H34N2O2S/c1-29(2)14-15-30(3,4)26-20-24(13-10-21-8-11-22(12-9-21)27(33)34)23(19-25(26)29)7-5-18-35-28-31-16-6-17-32-28/h6,8-13,16-17,19-20H,5,7,14-15,18H2,1-4H3,(H,33,34)/b13-10+. The van der Waals surface area contributed by atoms with Crippen molar-refractivity contribution in [3.05, 3.63) is 88.2 Å². The number of aryl methyl sites for hydroxylation is 1. The molecular weight excluding hydrogens is 452 g/mol. The van der Waals surface area contributed by atoms with Gasteiger partial charge in [-0.3, -0.25) is 0 Å². The van der Waals surface area contributed by atoms with Crippen molar-refractivity contribution in [1.29, 1.82) is 0 Å². The second-order valence-electron chi connectivity index (χ2n) is 10.6. The van der Waals surface area contributed by atoms with E-state index >= 15 is 0 Å². The highest BCUT2D eigenvalue weighted by Crippen LogP contribution is 2.47. The summed E-state index contributed by atoms with van der Waals surface area (Å²) in [6.45, 7) is 9.45. The third-order valence-corrected chi connectivity index (χ3v) is 8.05. The van der Waals surface area contributed by atoms with Gasteiger partial charge in [0.05, 0.1) is 5.56 Å². The number of carboxylic acids is 1. The second kappa shape index (κ2) is 10.4. The summed E-state index contributed by atoms with van der Waals surface area (Å²) in [4.78, 5) is 19.8. The Labute approximate surface area is 212 Å². The Morgan fingerprint density at radius 3 is 2.23 bits per heavy atom. The molecule has 1 aliphatic rings. The second-order valence-corrected chi connectivity index (χ2v) is 11.7. The summed E-state index contributed by atoms with van der Waals surface area (Å²) in [5, 5.41) is 10.00. The van der Waals surface area contributed by atoms with Crippen LogP contribution in [0.2, 0.25) is 0 Å². The van der Waals surface area contributed by atoms with Crippen molar-refractivity contribution in [2.24, 2.45) is 0 Å². The summed E-state index contributed by atoms with van der Waals surface area (Å²) in [5.74, 6) is 0.0663. The van der Waals surface area contributed by atoms with Gasteiger partial charge in [-0.05, 0) is 82.5 Å². The van der Waals surface area contributed by atoms with Gasteiger partial charge in [0.2, 0.25) is 0 Å². The normalized spacial score (nSPS) is 16.2. The van der Waals surface area contributed by atoms with Crippen molar-refractivity contribution in [2.45, 2.75) is 69.4 Å². The summed E-state index contributed by atoms with van der Waals surface area (Å²) < 4.78 is 0. The lowest BCUT2D eigenvalue weighted by Crippen LogP contribution is -2.34. The van der Waals surface area contributed by atoms with E-state index in [1.807, 2.05) is 18.2 Å². The van der Waals surface area contributed by atoms with Gasteiger partial charge in [-0.25, -0.2) is 14.8 Å². The zero-order valence-corrected chi connectivity index (χ0v) is 21.9. The number of nitrogens with zero attached hydrogens (tertiary/aromatic N) is 2. The predicted molar refractivity (Wildman–Crippen MR) is 145 cm³/mol. The highest BCUT2D eigenvalue weighted by atomic mass is 32.2. The molecule has 1 aromatic heterocycles. The molecule has 0 saturated carbocycles. The van der Waals surface area contributed by atoms with E-state index < -0.39 is 5.97 Å². The van der Waals surface area contributed by atoms with Gasteiger partial charge in [0.1, 0.15) is 0 Å². The fourth-order valence-corrected chi connectivity index (χ4v) is 5.50. The molecule has 0 fully saturated rings. The van der Waals surface area contributed by atoms with Crippen molar-refractivity contribution in [2.75, 3.05) is 5.75 Å². The molecule has 182 valence electrons. The number of carboxylic acid groups (broad SMARTS) is 1. The summed E-state index contributed by atoms with van der Waals surface area (Å²) >= 11 is 1.70. The minimum absolute atomic E-state index is 0.148. The fraction of sp³-hybridized carbons (Fsp3) is 0.367. The molecule has 0 amide bonds. The molecule has 1 N–H and O–H groups in total. The number of benzene rings is 2. The first kappa shape index (κ1) is 25.2. The molecule has 35 heavy (non-hydrogen) atoms. The number of aromatic carboxylic acids is 1. The van der Waals surface area contributed by atoms with Crippen LogP contribution in [-0.2, 0) is 17.3 Å². The summed E-state index contributed by atoms with van der Waals surface area (Å²) in [6, 6.07) is 13.7. The maximum absolute atomic E-state index is 11.2. The number of thioether (sulfide) groups is 1. The third kappa shape index (κ3) is 6.02. The molecule has 4 rings (SSSR count). The van der Waals surface area contributed by atoms with Crippen LogP contribution in [0.4, 0.5) is 0 Å². The maximum atomic E-state index is 11.2. The van der Waals surface area contributed by atoms with Crippen LogP contribution in [-0.4, -0.2) is 26.8 Å². The van der Waals surface area contributed by atoms with Gasteiger partial charge in [0, 0.05) is 18.1 Å². The average molecular weight is 487 g/mol. The van der Waals surface area contributed by atoms with E-state index in [0.29, 0.717) is 5.56 Å². The minimum Gasteiger partial charge on any atom is -0.478 e. The van der Waals surface area contributed by atoms with Crippen LogP contribution in [0.25, 0.3) is 12.2 Å². The molecule has 1 aliphatic carbocycles. The van der Waals surface area contributed by atoms with Crippen molar-refractivity contribution in [3.63, 3.8) is 0 Å². The van der Waals surface area contributed by atoms with Gasteiger partial charge in [0.25, 0.3) is 0 Å². The van der Waals surface area contributed by atoms with Crippen molar-refractivity contribution in [1.82, 2.24) is 9.97 Å². The molecule has 0 unspecified atom stereocenters. The van der Waals surface area contributed by atoms with E-state index in [2.05, 4.69) is 61.9 Å². The molecular formula is C30H34N2O2S. The Hall–Kier alpha value is -2.92. The van der Waals surface area contributed by atoms with Gasteiger partial charge in [-0.15, -0.1) is 0 Å². The Morgan fingerprint density at radius 2 is 1.60 bits per heavy atom. The average Bonchev–Trinajstić information content (AvgIpc) is 2.84. The van der Waals surface area contributed by atoms with Gasteiger partial charge < -0.3 is 5.11 Å². The highest BCUT2D eigenvalue weighted by Gasteiger charge is 2.37. The Bertz CT molecular complexity index is 1220. The fourth-order valence-electron chi connectivity index (χ4n) is 4.76. The van der Waals surface area contributed by atoms with Gasteiger partial charge >= 0.3 is 5.97 Å². The lowest BCUT2D eigenvalue weighted by atomic mass is 9.62. The molecule has 0 atom stereocenters. The molecule has 2 aromatic carbocycles. The third-order valence-electron chi connectivity index (χ3n) is 7.09. The molecule has 0 spiro atoms. The first-order chi connectivity index (χ1) is 16.7. The Kier molecular flexibility index (Phi) is 7.46. The molecule has 0 saturated heterocycles. The molecule has 0 bridgehead atoms. The number of hydrogen-bond acceptors (Lipinski definition) is 4. The van der Waals surface area contributed by atoms with E-state index in [-0.39, 0.29) is 10.8 Å². The van der Waals surface area contributed by atoms with Crippen LogP contribution in [0, 0.1) is 0 Å². The van der Waals surface area contributed by atoms with Gasteiger partial charge in [-0.2, -0.15) is 0 Å². The number of fused-ring (bicyclic) bond motifs is 1. The Balaban J connectivity index is 1.62. The zero-order valence-electron chi connectivity index (χ0n) is 21.0. The first-order valence-corrected chi connectivity index (χ1v) is 13.2. The van der Waals surface area contributed by atoms with E-state index in [4.69, 9.17) is 0 Å². The van der Waals surface area contributed by atoms with E-state index in [9.17, 15) is 9.90 Å². The number of aromatic nitrogens is 2. The summed E-state index contributed by atoms with van der Waals surface area (Å²) in [6.07, 6.45) is 12.3. The molecule has 5 heteroatoms. The van der Waals surface area contributed by atoms with Crippen molar-refractivity contribution < 1.29 is 9.90 Å². The lowest BCUT2D eigenvalue weighted by molar-refractivity contribution is 0.0697. The number of carbonyl (C=O) groups is 1. The topological polar surface area (TPSA) is 63.1 Å². The minimum atomic E-state index is -0.902. The van der Waals surface area contributed by atoms with E-state index in [1.165, 1.54) is 35.1 Å². The molecule has 0 aliphatic heterocycles.